The van der Waals surface area contributed by atoms with Gasteiger partial charge in [-0.25, -0.2) is 0 Å². The fourth-order valence-electron chi connectivity index (χ4n) is 2.89. The van der Waals surface area contributed by atoms with Gasteiger partial charge in [0.1, 0.15) is 6.61 Å². The van der Waals surface area contributed by atoms with Crippen LogP contribution in [0.25, 0.3) is 0 Å². The van der Waals surface area contributed by atoms with Gasteiger partial charge in [0.25, 0.3) is 0 Å². The maximum Gasteiger partial charge on any atom is 0.180 e. The van der Waals surface area contributed by atoms with E-state index in [0.29, 0.717) is 34.7 Å². The first-order chi connectivity index (χ1) is 13.5. The highest BCUT2D eigenvalue weighted by Gasteiger charge is 2.13. The number of methoxy groups -OCH3 is 1. The van der Waals surface area contributed by atoms with E-state index in [9.17, 15) is 0 Å². The highest BCUT2D eigenvalue weighted by atomic mass is 35.5. The summed E-state index contributed by atoms with van der Waals surface area (Å²) in [6.45, 7) is 5.23. The summed E-state index contributed by atoms with van der Waals surface area (Å²) in [4.78, 5) is 0. The summed E-state index contributed by atoms with van der Waals surface area (Å²) in [5, 5.41) is 4.68. The van der Waals surface area contributed by atoms with Crippen molar-refractivity contribution >= 4 is 28.9 Å². The number of hydrogen-bond donors (Lipinski definition) is 1. The number of nitrogens with one attached hydrogen (secondary N) is 1. The molecule has 0 bridgehead atoms. The third kappa shape index (κ3) is 4.92. The molecule has 0 spiro atoms. The highest BCUT2D eigenvalue weighted by molar-refractivity contribution is 6.32. The van der Waals surface area contributed by atoms with E-state index >= 15 is 0 Å². The van der Waals surface area contributed by atoms with Gasteiger partial charge >= 0.3 is 0 Å². The second-order valence-corrected chi connectivity index (χ2v) is 7.47. The van der Waals surface area contributed by atoms with Crippen molar-refractivity contribution in [3.63, 3.8) is 0 Å². The number of ether oxygens (including phenoxy) is 2. The van der Waals surface area contributed by atoms with E-state index in [1.54, 1.807) is 7.11 Å². The van der Waals surface area contributed by atoms with E-state index < -0.39 is 0 Å². The van der Waals surface area contributed by atoms with Crippen LogP contribution in [-0.2, 0) is 13.2 Å². The number of anilines is 1. The molecule has 0 aliphatic rings. The number of aryl methyl sites for hydroxylation is 1. The molecule has 0 saturated heterocycles. The van der Waals surface area contributed by atoms with Crippen molar-refractivity contribution in [3.05, 3.63) is 86.9 Å². The Morgan fingerprint density at radius 1 is 0.929 bits per heavy atom. The molecule has 0 atom stereocenters. The van der Waals surface area contributed by atoms with Crippen molar-refractivity contribution in [3.8, 4) is 11.5 Å². The molecular weight excluding hydrogens is 393 g/mol. The van der Waals surface area contributed by atoms with Crippen LogP contribution in [0.5, 0.6) is 11.5 Å². The van der Waals surface area contributed by atoms with Gasteiger partial charge in [0.15, 0.2) is 11.5 Å². The molecule has 5 heteroatoms. The maximum absolute atomic E-state index is 6.49. The lowest BCUT2D eigenvalue weighted by Crippen LogP contribution is -2.04. The summed E-state index contributed by atoms with van der Waals surface area (Å²) in [6, 6.07) is 17.6. The topological polar surface area (TPSA) is 30.5 Å². The standard InChI is InChI=1S/C23H23Cl2NO2/c1-15-5-4-6-21(16(15)2)26-13-18-11-20(25)23(22(12-18)27-3)28-14-17-7-9-19(24)10-8-17/h4-12,26H,13-14H2,1-3H3. The van der Waals surface area contributed by atoms with Crippen LogP contribution in [0.15, 0.2) is 54.6 Å². The lowest BCUT2D eigenvalue weighted by Gasteiger charge is -2.16. The first-order valence-corrected chi connectivity index (χ1v) is 9.77. The molecule has 0 aliphatic heterocycles. The summed E-state index contributed by atoms with van der Waals surface area (Å²) >= 11 is 12.4. The molecule has 0 fully saturated rings. The fraction of sp³-hybridized carbons (Fsp3) is 0.217. The Hall–Kier alpha value is -2.36. The summed E-state index contributed by atoms with van der Waals surface area (Å²) in [5.74, 6) is 1.15. The van der Waals surface area contributed by atoms with Crippen molar-refractivity contribution < 1.29 is 9.47 Å². The minimum Gasteiger partial charge on any atom is -0.493 e. The Morgan fingerprint density at radius 3 is 2.39 bits per heavy atom. The predicted molar refractivity (Wildman–Crippen MR) is 117 cm³/mol. The summed E-state index contributed by atoms with van der Waals surface area (Å²) in [7, 11) is 1.61. The van der Waals surface area contributed by atoms with Crippen LogP contribution in [-0.4, -0.2) is 7.11 Å². The van der Waals surface area contributed by atoms with Crippen LogP contribution in [0, 0.1) is 13.8 Å². The molecule has 0 unspecified atom stereocenters. The van der Waals surface area contributed by atoms with E-state index in [2.05, 4.69) is 31.3 Å². The van der Waals surface area contributed by atoms with Crippen molar-refractivity contribution in [1.29, 1.82) is 0 Å². The second kappa shape index (κ2) is 9.22. The normalized spacial score (nSPS) is 10.6. The third-order valence-electron chi connectivity index (χ3n) is 4.67. The van der Waals surface area contributed by atoms with Gasteiger partial charge in [-0.2, -0.15) is 0 Å². The molecule has 0 aliphatic carbocycles. The first-order valence-electron chi connectivity index (χ1n) is 9.01. The van der Waals surface area contributed by atoms with Gasteiger partial charge in [-0.15, -0.1) is 0 Å². The van der Waals surface area contributed by atoms with Gasteiger partial charge in [0, 0.05) is 17.3 Å². The van der Waals surface area contributed by atoms with Crippen LogP contribution in [0.4, 0.5) is 5.69 Å². The van der Waals surface area contributed by atoms with E-state index in [-0.39, 0.29) is 0 Å². The molecule has 1 N–H and O–H groups in total. The molecule has 0 amide bonds. The molecule has 3 nitrogen and oxygen atoms in total. The SMILES string of the molecule is COc1cc(CNc2cccc(C)c2C)cc(Cl)c1OCc1ccc(Cl)cc1. The molecule has 0 aromatic heterocycles. The van der Waals surface area contributed by atoms with Gasteiger partial charge in [0.05, 0.1) is 12.1 Å². The quantitative estimate of drug-likeness (QED) is 0.459. The number of hydrogen-bond acceptors (Lipinski definition) is 3. The molecule has 0 saturated carbocycles. The minimum atomic E-state index is 0.382. The Labute approximate surface area is 176 Å². The first kappa shape index (κ1) is 20.4. The smallest absolute Gasteiger partial charge is 0.180 e. The Morgan fingerprint density at radius 2 is 1.68 bits per heavy atom. The van der Waals surface area contributed by atoms with Crippen molar-refractivity contribution in [1.82, 2.24) is 0 Å². The minimum absolute atomic E-state index is 0.382. The zero-order valence-corrected chi connectivity index (χ0v) is 17.7. The van der Waals surface area contributed by atoms with Crippen molar-refractivity contribution in [2.45, 2.75) is 27.0 Å². The Kier molecular flexibility index (Phi) is 6.71. The van der Waals surface area contributed by atoms with Crippen LogP contribution < -0.4 is 14.8 Å². The van der Waals surface area contributed by atoms with Gasteiger partial charge in [-0.3, -0.25) is 0 Å². The molecule has 0 radical (unpaired) electrons. The molecule has 3 rings (SSSR count). The van der Waals surface area contributed by atoms with Crippen LogP contribution in [0.2, 0.25) is 10.0 Å². The van der Waals surface area contributed by atoms with Crippen molar-refractivity contribution in [2.24, 2.45) is 0 Å². The van der Waals surface area contributed by atoms with E-state index in [4.69, 9.17) is 32.7 Å². The molecule has 3 aromatic rings. The number of halogens is 2. The summed E-state index contributed by atoms with van der Waals surface area (Å²) < 4.78 is 11.4. The number of benzene rings is 3. The van der Waals surface area contributed by atoms with E-state index in [0.717, 1.165) is 16.8 Å². The Bertz CT molecular complexity index is 956. The second-order valence-electron chi connectivity index (χ2n) is 6.63. The number of rotatable bonds is 7. The molecular formula is C23H23Cl2NO2. The monoisotopic (exact) mass is 415 g/mol. The van der Waals surface area contributed by atoms with Crippen LogP contribution in [0.3, 0.4) is 0 Å². The molecule has 0 heterocycles. The maximum atomic E-state index is 6.49. The van der Waals surface area contributed by atoms with Gasteiger partial charge in [0.2, 0.25) is 0 Å². The molecule has 146 valence electrons. The summed E-state index contributed by atoms with van der Waals surface area (Å²) in [6.07, 6.45) is 0. The van der Waals surface area contributed by atoms with Gasteiger partial charge < -0.3 is 14.8 Å². The van der Waals surface area contributed by atoms with Gasteiger partial charge in [-0.1, -0.05) is 47.5 Å². The van der Waals surface area contributed by atoms with Gasteiger partial charge in [-0.05, 0) is 66.4 Å². The Balaban J connectivity index is 1.73. The average Bonchev–Trinajstić information content (AvgIpc) is 2.69. The van der Waals surface area contributed by atoms with Crippen molar-refractivity contribution in [2.75, 3.05) is 12.4 Å². The average molecular weight is 416 g/mol. The predicted octanol–water partition coefficient (Wildman–Crippen LogP) is 6.81. The van der Waals surface area contributed by atoms with E-state index in [1.165, 1.54) is 11.1 Å². The zero-order chi connectivity index (χ0) is 20.1. The molecule has 3 aromatic carbocycles. The highest BCUT2D eigenvalue weighted by Crippen LogP contribution is 2.37. The largest absolute Gasteiger partial charge is 0.493 e. The summed E-state index contributed by atoms with van der Waals surface area (Å²) in [5.41, 5.74) is 5.62. The zero-order valence-electron chi connectivity index (χ0n) is 16.2. The lowest BCUT2D eigenvalue weighted by molar-refractivity contribution is 0.284. The van der Waals surface area contributed by atoms with E-state index in [1.807, 2.05) is 42.5 Å². The lowest BCUT2D eigenvalue weighted by atomic mass is 10.1. The fourth-order valence-corrected chi connectivity index (χ4v) is 3.31. The van der Waals surface area contributed by atoms with Crippen LogP contribution >= 0.6 is 23.2 Å². The molecule has 28 heavy (non-hydrogen) atoms. The van der Waals surface area contributed by atoms with Crippen LogP contribution in [0.1, 0.15) is 22.3 Å². The third-order valence-corrected chi connectivity index (χ3v) is 5.21.